The highest BCUT2D eigenvalue weighted by molar-refractivity contribution is 9.10. The van der Waals surface area contributed by atoms with Crippen LogP contribution in [0.3, 0.4) is 0 Å². The van der Waals surface area contributed by atoms with E-state index in [1.165, 1.54) is 22.1 Å². The molecule has 8 nitrogen and oxygen atoms in total. The predicted octanol–water partition coefficient (Wildman–Crippen LogP) is 3.43. The summed E-state index contributed by atoms with van der Waals surface area (Å²) in [5, 5.41) is 11.7. The number of H-pyrrole nitrogens is 1. The number of aromatic amines is 1. The van der Waals surface area contributed by atoms with Gasteiger partial charge in [-0.25, -0.2) is 4.39 Å². The maximum atomic E-state index is 13.8. The zero-order chi connectivity index (χ0) is 23.2. The fraction of sp³-hybridized carbons (Fsp3) is 0.273. The first kappa shape index (κ1) is 21.9. The number of halogens is 2. The third-order valence-electron chi connectivity index (χ3n) is 5.96. The van der Waals surface area contributed by atoms with Crippen LogP contribution in [0.1, 0.15) is 11.1 Å². The summed E-state index contributed by atoms with van der Waals surface area (Å²) in [6.45, 7) is 0. The molecule has 2 aromatic carbocycles. The average Bonchev–Trinajstić information content (AvgIpc) is 3.15. The maximum Gasteiger partial charge on any atom is 0.281 e. The summed E-state index contributed by atoms with van der Waals surface area (Å²) < 4.78 is 14.7. The van der Waals surface area contributed by atoms with Crippen molar-refractivity contribution in [3.63, 3.8) is 0 Å². The quantitative estimate of drug-likeness (QED) is 0.426. The van der Waals surface area contributed by atoms with E-state index in [0.717, 1.165) is 16.1 Å². The van der Waals surface area contributed by atoms with E-state index in [-0.39, 0.29) is 34.8 Å². The maximum absolute atomic E-state index is 13.8. The van der Waals surface area contributed by atoms with E-state index in [1.54, 1.807) is 14.1 Å². The summed E-state index contributed by atoms with van der Waals surface area (Å²) in [7, 11) is 3.16. The van der Waals surface area contributed by atoms with Crippen molar-refractivity contribution in [2.45, 2.75) is 24.9 Å². The lowest BCUT2D eigenvalue weighted by Gasteiger charge is -2.42. The van der Waals surface area contributed by atoms with E-state index < -0.39 is 22.8 Å². The van der Waals surface area contributed by atoms with Crippen LogP contribution < -0.4 is 0 Å². The van der Waals surface area contributed by atoms with Crippen molar-refractivity contribution in [3.8, 4) is 0 Å². The van der Waals surface area contributed by atoms with Crippen molar-refractivity contribution in [1.29, 1.82) is 0 Å². The smallest absolute Gasteiger partial charge is 0.281 e. The highest BCUT2D eigenvalue weighted by atomic mass is 79.9. The van der Waals surface area contributed by atoms with Crippen LogP contribution >= 0.6 is 15.9 Å². The number of rotatable bonds is 5. The number of benzene rings is 2. The summed E-state index contributed by atoms with van der Waals surface area (Å²) in [5.74, 6) is -1.19. The van der Waals surface area contributed by atoms with Crippen LogP contribution in [-0.4, -0.2) is 57.7 Å². The van der Waals surface area contributed by atoms with Gasteiger partial charge in [-0.15, -0.1) is 0 Å². The van der Waals surface area contributed by atoms with Gasteiger partial charge in [-0.2, -0.15) is 0 Å². The Morgan fingerprint density at radius 2 is 1.66 bits per heavy atom. The molecule has 1 aliphatic heterocycles. The minimum Gasteiger partial charge on any atom is -0.361 e. The van der Waals surface area contributed by atoms with Crippen LogP contribution in [0, 0.1) is 15.9 Å². The van der Waals surface area contributed by atoms with Crippen LogP contribution in [0.5, 0.6) is 0 Å². The number of aromatic nitrogens is 1. The topological polar surface area (TPSA) is 99.5 Å². The number of nitro benzene ring substituents is 1. The number of nitro groups is 1. The molecule has 1 aromatic heterocycles. The Kier molecular flexibility index (Phi) is 5.72. The van der Waals surface area contributed by atoms with E-state index in [0.29, 0.717) is 12.0 Å². The SMILES string of the molecule is CN1C(=O)[C@H](Cc2c[nH]c3cc(F)cc([N+](=O)[O-])c23)N(C)C(=O)[C@@H]1Cc1ccc(Br)cc1. The van der Waals surface area contributed by atoms with Gasteiger partial charge in [0.15, 0.2) is 0 Å². The molecule has 32 heavy (non-hydrogen) atoms. The van der Waals surface area contributed by atoms with Gasteiger partial charge < -0.3 is 14.8 Å². The molecule has 1 fully saturated rings. The van der Waals surface area contributed by atoms with Crippen molar-refractivity contribution in [2.24, 2.45) is 0 Å². The van der Waals surface area contributed by atoms with Crippen molar-refractivity contribution in [3.05, 3.63) is 74.1 Å². The first-order valence-electron chi connectivity index (χ1n) is 9.89. The molecule has 2 amide bonds. The number of piperazine rings is 1. The number of carbonyl (C=O) groups is 2. The molecule has 0 spiro atoms. The molecule has 1 saturated heterocycles. The van der Waals surface area contributed by atoms with E-state index >= 15 is 0 Å². The lowest BCUT2D eigenvalue weighted by molar-refractivity contribution is -0.383. The molecule has 3 aromatic rings. The Morgan fingerprint density at radius 1 is 1.06 bits per heavy atom. The summed E-state index contributed by atoms with van der Waals surface area (Å²) in [6.07, 6.45) is 1.97. The molecule has 10 heteroatoms. The van der Waals surface area contributed by atoms with Crippen molar-refractivity contribution in [1.82, 2.24) is 14.8 Å². The summed E-state index contributed by atoms with van der Waals surface area (Å²) in [5.41, 5.74) is 1.29. The highest BCUT2D eigenvalue weighted by Crippen LogP contribution is 2.32. The molecular weight excluding hydrogens is 483 g/mol. The number of hydrogen-bond acceptors (Lipinski definition) is 4. The second-order valence-corrected chi connectivity index (χ2v) is 8.80. The Morgan fingerprint density at radius 3 is 2.25 bits per heavy atom. The molecule has 2 atom stereocenters. The second kappa shape index (κ2) is 8.34. The van der Waals surface area contributed by atoms with E-state index in [2.05, 4.69) is 20.9 Å². The van der Waals surface area contributed by atoms with E-state index in [4.69, 9.17) is 0 Å². The van der Waals surface area contributed by atoms with E-state index in [9.17, 15) is 24.1 Å². The zero-order valence-corrected chi connectivity index (χ0v) is 18.9. The number of amides is 2. The highest BCUT2D eigenvalue weighted by Gasteiger charge is 2.42. The lowest BCUT2D eigenvalue weighted by atomic mass is 9.95. The minimum absolute atomic E-state index is 0.0723. The van der Waals surface area contributed by atoms with Crippen LogP contribution in [0.15, 0.2) is 47.1 Å². The third kappa shape index (κ3) is 3.86. The van der Waals surface area contributed by atoms with Crippen LogP contribution in [0.25, 0.3) is 10.9 Å². The molecule has 0 radical (unpaired) electrons. The largest absolute Gasteiger partial charge is 0.361 e. The van der Waals surface area contributed by atoms with Gasteiger partial charge in [0.05, 0.1) is 21.9 Å². The van der Waals surface area contributed by atoms with Gasteiger partial charge in [-0.1, -0.05) is 28.1 Å². The molecule has 0 saturated carbocycles. The van der Waals surface area contributed by atoms with E-state index in [1.807, 2.05) is 24.3 Å². The molecule has 166 valence electrons. The number of hydrogen-bond donors (Lipinski definition) is 1. The second-order valence-electron chi connectivity index (χ2n) is 7.88. The zero-order valence-electron chi connectivity index (χ0n) is 17.3. The Labute approximate surface area is 191 Å². The molecule has 2 heterocycles. The number of carbonyl (C=O) groups excluding carboxylic acids is 2. The van der Waals surface area contributed by atoms with Crippen molar-refractivity contribution in [2.75, 3.05) is 14.1 Å². The molecule has 0 unspecified atom stereocenters. The molecule has 4 rings (SSSR count). The normalized spacial score (nSPS) is 19.1. The number of likely N-dealkylation sites (N-methyl/N-ethyl adjacent to an activating group) is 2. The third-order valence-corrected chi connectivity index (χ3v) is 6.49. The number of nitrogens with zero attached hydrogens (tertiary/aromatic N) is 3. The fourth-order valence-electron chi connectivity index (χ4n) is 4.19. The monoisotopic (exact) mass is 502 g/mol. The molecule has 1 N–H and O–H groups in total. The van der Waals surface area contributed by atoms with Crippen molar-refractivity contribution < 1.29 is 18.9 Å². The van der Waals surface area contributed by atoms with Crippen LogP contribution in [-0.2, 0) is 22.4 Å². The number of non-ortho nitro benzene ring substituents is 1. The van der Waals surface area contributed by atoms with Gasteiger partial charge in [-0.3, -0.25) is 19.7 Å². The molecule has 0 bridgehead atoms. The first-order chi connectivity index (χ1) is 15.2. The van der Waals surface area contributed by atoms with Crippen LogP contribution in [0.2, 0.25) is 0 Å². The van der Waals surface area contributed by atoms with Gasteiger partial charge >= 0.3 is 0 Å². The van der Waals surface area contributed by atoms with Gasteiger partial charge in [-0.05, 0) is 29.3 Å². The van der Waals surface area contributed by atoms with Gasteiger partial charge in [0.2, 0.25) is 11.8 Å². The number of fused-ring (bicyclic) bond motifs is 1. The molecule has 0 aliphatic carbocycles. The summed E-state index contributed by atoms with van der Waals surface area (Å²) in [6, 6.07) is 8.11. The Hall–Kier alpha value is -3.27. The Balaban J connectivity index is 1.62. The van der Waals surface area contributed by atoms with Crippen molar-refractivity contribution >= 4 is 44.3 Å². The molecule has 1 aliphatic rings. The van der Waals surface area contributed by atoms with Gasteiger partial charge in [0, 0.05) is 37.6 Å². The molecular formula is C22H20BrFN4O4. The van der Waals surface area contributed by atoms with Gasteiger partial charge in [0.1, 0.15) is 17.9 Å². The lowest BCUT2D eigenvalue weighted by Crippen LogP contribution is -2.63. The first-order valence-corrected chi connectivity index (χ1v) is 10.7. The summed E-state index contributed by atoms with van der Waals surface area (Å²) in [4.78, 5) is 42.8. The summed E-state index contributed by atoms with van der Waals surface area (Å²) >= 11 is 3.38. The minimum atomic E-state index is -0.822. The van der Waals surface area contributed by atoms with Crippen LogP contribution in [0.4, 0.5) is 10.1 Å². The van der Waals surface area contributed by atoms with Gasteiger partial charge in [0.25, 0.3) is 5.69 Å². The number of nitrogens with one attached hydrogen (secondary N) is 1. The standard InChI is InChI=1S/C22H20BrFN4O4/c1-26-18(7-12-3-5-14(23)6-4-12)21(29)27(2)19(22(26)30)8-13-11-25-16-9-15(24)10-17(20(13)16)28(31)32/h3-6,9-11,18-19,25H,7-8H2,1-2H3/t18-,19-/m0/s1. The predicted molar refractivity (Wildman–Crippen MR) is 120 cm³/mol. The average molecular weight is 503 g/mol. The Bertz CT molecular complexity index is 1230. The fourth-order valence-corrected chi connectivity index (χ4v) is 4.46.